The molecule has 1 saturated carbocycles. The van der Waals surface area contributed by atoms with Crippen LogP contribution in [-0.4, -0.2) is 33.3 Å². The summed E-state index contributed by atoms with van der Waals surface area (Å²) in [6, 6.07) is 0. The molecule has 66 valence electrons. The maximum atomic E-state index is 10.7. The third kappa shape index (κ3) is 2.71. The van der Waals surface area contributed by atoms with Crippen molar-refractivity contribution in [2.24, 2.45) is 11.3 Å². The molecule has 2 nitrogen and oxygen atoms in total. The van der Waals surface area contributed by atoms with Crippen molar-refractivity contribution in [1.82, 2.24) is 0 Å². The van der Waals surface area contributed by atoms with E-state index >= 15 is 0 Å². The molecule has 1 aliphatic rings. The predicted octanol–water partition coefficient (Wildman–Crippen LogP) is 0.572. The molecule has 1 fully saturated rings. The SMILES string of the molecule is CC1CCCC(C)(C(=O)[O-])C1.[Tl+]. The van der Waals surface area contributed by atoms with Crippen molar-refractivity contribution in [2.45, 2.75) is 39.5 Å². The molecule has 0 N–H and O–H groups in total. The van der Waals surface area contributed by atoms with Gasteiger partial charge in [-0.3, -0.25) is 0 Å². The van der Waals surface area contributed by atoms with E-state index in [1.54, 1.807) is 6.92 Å². The first kappa shape index (κ1) is 12.4. The van der Waals surface area contributed by atoms with Gasteiger partial charge in [-0.15, -0.1) is 0 Å². The standard InChI is InChI=1S/C9H16O2.Tl/c1-7-4-3-5-9(2,6-7)8(10)11;/h7H,3-6H2,1-2H3,(H,10,11);/q;+1/p-1. The summed E-state index contributed by atoms with van der Waals surface area (Å²) in [6.07, 6.45) is 3.78. The maximum Gasteiger partial charge on any atom is 1.00 e. The molecule has 0 heterocycles. The van der Waals surface area contributed by atoms with Crippen LogP contribution in [-0.2, 0) is 4.79 Å². The van der Waals surface area contributed by atoms with Crippen molar-refractivity contribution in [3.63, 3.8) is 0 Å². The second-order valence-corrected chi connectivity index (χ2v) is 4.05. The summed E-state index contributed by atoms with van der Waals surface area (Å²) in [4.78, 5) is 10.7. The summed E-state index contributed by atoms with van der Waals surface area (Å²) >= 11 is 0. The van der Waals surface area contributed by atoms with E-state index in [1.165, 1.54) is 6.42 Å². The number of carboxylic acid groups (broad SMARTS) is 1. The van der Waals surface area contributed by atoms with Crippen LogP contribution in [0, 0.1) is 11.3 Å². The number of hydrogen-bond donors (Lipinski definition) is 0. The summed E-state index contributed by atoms with van der Waals surface area (Å²) in [7, 11) is 0. The van der Waals surface area contributed by atoms with Gasteiger partial charge in [-0.2, -0.15) is 0 Å². The molecule has 0 radical (unpaired) electrons. The summed E-state index contributed by atoms with van der Waals surface area (Å²) in [6.45, 7) is 3.92. The molecular formula is C9H15O2Tl. The molecule has 1 rings (SSSR count). The fraction of sp³-hybridized carbons (Fsp3) is 0.889. The molecule has 0 aromatic carbocycles. The Kier molecular flexibility index (Phi) is 4.73. The molecule has 3 heteroatoms. The van der Waals surface area contributed by atoms with Crippen LogP contribution in [0.4, 0.5) is 0 Å². The fourth-order valence-corrected chi connectivity index (χ4v) is 2.00. The van der Waals surface area contributed by atoms with Crippen molar-refractivity contribution in [3.8, 4) is 0 Å². The molecule has 0 aromatic rings. The van der Waals surface area contributed by atoms with Gasteiger partial charge in [-0.25, -0.2) is 0 Å². The summed E-state index contributed by atoms with van der Waals surface area (Å²) in [5.74, 6) is -0.323. The van der Waals surface area contributed by atoms with Gasteiger partial charge in [-0.05, 0) is 18.8 Å². The van der Waals surface area contributed by atoms with Crippen LogP contribution < -0.4 is 5.11 Å². The Balaban J connectivity index is 0.00000121. The maximum absolute atomic E-state index is 10.7. The second kappa shape index (κ2) is 4.58. The van der Waals surface area contributed by atoms with Gasteiger partial charge >= 0.3 is 27.3 Å². The van der Waals surface area contributed by atoms with Gasteiger partial charge in [0.05, 0.1) is 0 Å². The minimum absolute atomic E-state index is 0. The van der Waals surface area contributed by atoms with E-state index in [0.717, 1.165) is 19.3 Å². The molecule has 0 aliphatic heterocycles. The van der Waals surface area contributed by atoms with Crippen LogP contribution in [0.5, 0.6) is 0 Å². The molecule has 0 spiro atoms. The molecule has 1 aliphatic carbocycles. The molecular weight excluding hydrogens is 344 g/mol. The monoisotopic (exact) mass is 360 g/mol. The first-order chi connectivity index (χ1) is 5.04. The smallest absolute Gasteiger partial charge is 0.550 e. The van der Waals surface area contributed by atoms with Crippen LogP contribution in [0.2, 0.25) is 0 Å². The van der Waals surface area contributed by atoms with Crippen LogP contribution in [0.15, 0.2) is 0 Å². The van der Waals surface area contributed by atoms with Gasteiger partial charge in [-0.1, -0.05) is 26.7 Å². The summed E-state index contributed by atoms with van der Waals surface area (Å²) in [5.41, 5.74) is -0.544. The fourth-order valence-electron chi connectivity index (χ4n) is 2.00. The van der Waals surface area contributed by atoms with Crippen molar-refractivity contribution < 1.29 is 9.90 Å². The average Bonchev–Trinajstić information content (AvgIpc) is 1.86. The number of rotatable bonds is 1. The average molecular weight is 360 g/mol. The van der Waals surface area contributed by atoms with Gasteiger partial charge in [0, 0.05) is 11.4 Å². The minimum atomic E-state index is -0.871. The van der Waals surface area contributed by atoms with Crippen LogP contribution in [0.3, 0.4) is 0 Å². The Morgan fingerprint density at radius 3 is 2.50 bits per heavy atom. The Morgan fingerprint density at radius 1 is 1.58 bits per heavy atom. The molecule has 2 unspecified atom stereocenters. The molecule has 2 atom stereocenters. The zero-order valence-corrected chi connectivity index (χ0v) is 12.3. The third-order valence-electron chi connectivity index (χ3n) is 2.72. The normalized spacial score (nSPS) is 35.3. The van der Waals surface area contributed by atoms with Gasteiger partial charge in [0.25, 0.3) is 0 Å². The third-order valence-corrected chi connectivity index (χ3v) is 2.72. The Morgan fingerprint density at radius 2 is 2.17 bits per heavy atom. The van der Waals surface area contributed by atoms with E-state index in [-0.39, 0.29) is 27.3 Å². The quantitative estimate of drug-likeness (QED) is 0.642. The molecule has 0 bridgehead atoms. The zero-order chi connectivity index (χ0) is 8.48. The largest absolute Gasteiger partial charge is 1.00 e. The van der Waals surface area contributed by atoms with Crippen LogP contribution >= 0.6 is 0 Å². The van der Waals surface area contributed by atoms with E-state index in [2.05, 4.69) is 6.92 Å². The van der Waals surface area contributed by atoms with Crippen LogP contribution in [0.25, 0.3) is 0 Å². The topological polar surface area (TPSA) is 40.1 Å². The van der Waals surface area contributed by atoms with Gasteiger partial charge in [0.1, 0.15) is 0 Å². The van der Waals surface area contributed by atoms with Crippen molar-refractivity contribution in [2.75, 3.05) is 0 Å². The minimum Gasteiger partial charge on any atom is -0.550 e. The number of carbonyl (C=O) groups is 1. The van der Waals surface area contributed by atoms with Gasteiger partial charge < -0.3 is 9.90 Å². The van der Waals surface area contributed by atoms with Gasteiger partial charge in [0.2, 0.25) is 0 Å². The van der Waals surface area contributed by atoms with E-state index in [9.17, 15) is 9.90 Å². The van der Waals surface area contributed by atoms with E-state index < -0.39 is 11.4 Å². The van der Waals surface area contributed by atoms with E-state index in [0.29, 0.717) is 5.92 Å². The predicted molar refractivity (Wildman–Crippen MR) is 46.5 cm³/mol. The van der Waals surface area contributed by atoms with Crippen LogP contribution in [0.1, 0.15) is 39.5 Å². The number of hydrogen-bond acceptors (Lipinski definition) is 2. The number of aliphatic carboxylic acids is 1. The van der Waals surface area contributed by atoms with Crippen molar-refractivity contribution in [1.29, 1.82) is 0 Å². The summed E-state index contributed by atoms with van der Waals surface area (Å²) in [5, 5.41) is 10.7. The number of carboxylic acids is 1. The zero-order valence-electron chi connectivity index (χ0n) is 7.80. The second-order valence-electron chi connectivity index (χ2n) is 4.05. The molecule has 0 aromatic heterocycles. The van der Waals surface area contributed by atoms with E-state index in [1.807, 2.05) is 0 Å². The Hall–Kier alpha value is 0.392. The first-order valence-electron chi connectivity index (χ1n) is 4.26. The van der Waals surface area contributed by atoms with Gasteiger partial charge in [0.15, 0.2) is 0 Å². The first-order valence-corrected chi connectivity index (χ1v) is 4.26. The molecule has 0 amide bonds. The molecule has 12 heavy (non-hydrogen) atoms. The van der Waals surface area contributed by atoms with Crippen molar-refractivity contribution >= 4 is 33.3 Å². The summed E-state index contributed by atoms with van der Waals surface area (Å²) < 4.78 is 0. The Bertz CT molecular complexity index is 170. The Labute approximate surface area is 93.9 Å². The number of carbonyl (C=O) groups excluding carboxylic acids is 1. The van der Waals surface area contributed by atoms with Crippen molar-refractivity contribution in [3.05, 3.63) is 0 Å². The van der Waals surface area contributed by atoms with E-state index in [4.69, 9.17) is 0 Å². The molecule has 0 saturated heterocycles.